The fraction of sp³-hybridized carbons (Fsp3) is 0.714. The molecule has 110 valence electrons. The molecule has 2 aliphatic rings. The Labute approximate surface area is 123 Å². The molecule has 1 aliphatic heterocycles. The number of hydrogen-bond donors (Lipinski definition) is 2. The van der Waals surface area contributed by atoms with Crippen molar-refractivity contribution in [3.05, 3.63) is 10.6 Å². The van der Waals surface area contributed by atoms with Crippen LogP contribution in [-0.4, -0.2) is 36.7 Å². The Morgan fingerprint density at radius 1 is 1.60 bits per heavy atom. The first-order valence-corrected chi connectivity index (χ1v) is 8.19. The number of carbonyl (C=O) groups excluding carboxylic acids is 1. The van der Waals surface area contributed by atoms with E-state index >= 15 is 0 Å². The zero-order valence-electron chi connectivity index (χ0n) is 11.8. The predicted octanol–water partition coefficient (Wildman–Crippen LogP) is 1.58. The van der Waals surface area contributed by atoms with Crippen LogP contribution in [0.3, 0.4) is 0 Å². The maximum atomic E-state index is 12.1. The monoisotopic (exact) mass is 295 g/mol. The highest BCUT2D eigenvalue weighted by Gasteiger charge is 2.25. The molecule has 2 heterocycles. The number of aromatic nitrogens is 1. The first-order valence-electron chi connectivity index (χ1n) is 7.38. The minimum absolute atomic E-state index is 0.0876. The number of fused-ring (bicyclic) bond motifs is 1. The average molecular weight is 295 g/mol. The van der Waals surface area contributed by atoms with Gasteiger partial charge in [-0.25, -0.2) is 4.98 Å². The van der Waals surface area contributed by atoms with E-state index in [9.17, 15) is 4.79 Å². The van der Waals surface area contributed by atoms with E-state index in [1.807, 2.05) is 0 Å². The lowest BCUT2D eigenvalue weighted by atomic mass is 9.89. The van der Waals surface area contributed by atoms with E-state index in [1.165, 1.54) is 23.4 Å². The fourth-order valence-electron chi connectivity index (χ4n) is 2.76. The number of anilines is 1. The summed E-state index contributed by atoms with van der Waals surface area (Å²) in [4.78, 5) is 18.0. The normalized spacial score (nSPS) is 26.1. The SMILES string of the molecule is CCC1CCc2nc(NC(=O)C3CNCCO3)sc2C1. The van der Waals surface area contributed by atoms with Crippen LogP contribution in [0, 0.1) is 5.92 Å². The van der Waals surface area contributed by atoms with Gasteiger partial charge in [0.1, 0.15) is 6.10 Å². The third kappa shape index (κ3) is 3.02. The van der Waals surface area contributed by atoms with Crippen LogP contribution >= 0.6 is 11.3 Å². The van der Waals surface area contributed by atoms with Gasteiger partial charge in [0.15, 0.2) is 5.13 Å². The Balaban J connectivity index is 1.63. The van der Waals surface area contributed by atoms with E-state index in [0.717, 1.165) is 30.4 Å². The predicted molar refractivity (Wildman–Crippen MR) is 79.2 cm³/mol. The van der Waals surface area contributed by atoms with Gasteiger partial charge in [-0.15, -0.1) is 11.3 Å². The zero-order chi connectivity index (χ0) is 13.9. The van der Waals surface area contributed by atoms with Gasteiger partial charge in [0, 0.05) is 18.0 Å². The van der Waals surface area contributed by atoms with Crippen molar-refractivity contribution in [3.8, 4) is 0 Å². The van der Waals surface area contributed by atoms with Crippen LogP contribution in [0.15, 0.2) is 0 Å². The van der Waals surface area contributed by atoms with Crippen LogP contribution in [0.25, 0.3) is 0 Å². The van der Waals surface area contributed by atoms with Crippen LogP contribution in [0.4, 0.5) is 5.13 Å². The first-order chi connectivity index (χ1) is 9.76. The molecular formula is C14H21N3O2S. The number of nitrogens with one attached hydrogen (secondary N) is 2. The molecule has 0 saturated carbocycles. The topological polar surface area (TPSA) is 63.2 Å². The molecule has 6 heteroatoms. The van der Waals surface area contributed by atoms with Gasteiger partial charge >= 0.3 is 0 Å². The van der Waals surface area contributed by atoms with Crippen LogP contribution < -0.4 is 10.6 Å². The molecule has 2 unspecified atom stereocenters. The number of aryl methyl sites for hydroxylation is 1. The molecule has 5 nitrogen and oxygen atoms in total. The summed E-state index contributed by atoms with van der Waals surface area (Å²) in [6.45, 7) is 4.22. The first kappa shape index (κ1) is 14.0. The molecule has 3 rings (SSSR count). The van der Waals surface area contributed by atoms with Crippen molar-refractivity contribution >= 4 is 22.4 Å². The highest BCUT2D eigenvalue weighted by atomic mass is 32.1. The Hall–Kier alpha value is -0.980. The Kier molecular flexibility index (Phi) is 4.33. The van der Waals surface area contributed by atoms with Gasteiger partial charge in [-0.2, -0.15) is 0 Å². The maximum Gasteiger partial charge on any atom is 0.256 e. The van der Waals surface area contributed by atoms with E-state index in [4.69, 9.17) is 4.74 Å². The molecule has 20 heavy (non-hydrogen) atoms. The smallest absolute Gasteiger partial charge is 0.256 e. The van der Waals surface area contributed by atoms with E-state index in [1.54, 1.807) is 11.3 Å². The van der Waals surface area contributed by atoms with Gasteiger partial charge < -0.3 is 10.1 Å². The third-order valence-electron chi connectivity index (χ3n) is 4.07. The summed E-state index contributed by atoms with van der Waals surface area (Å²) in [5, 5.41) is 6.79. The molecule has 1 saturated heterocycles. The Morgan fingerprint density at radius 3 is 3.25 bits per heavy atom. The number of amides is 1. The van der Waals surface area contributed by atoms with Crippen molar-refractivity contribution in [1.82, 2.24) is 10.3 Å². The molecule has 0 bridgehead atoms. The lowest BCUT2D eigenvalue weighted by molar-refractivity contribution is -0.128. The van der Waals surface area contributed by atoms with Gasteiger partial charge in [-0.05, 0) is 25.2 Å². The molecule has 0 aromatic carbocycles. The second-order valence-corrected chi connectivity index (χ2v) is 6.54. The lowest BCUT2D eigenvalue weighted by Crippen LogP contribution is -2.45. The molecule has 1 aromatic heterocycles. The highest BCUT2D eigenvalue weighted by molar-refractivity contribution is 7.15. The van der Waals surface area contributed by atoms with E-state index in [0.29, 0.717) is 13.2 Å². The number of nitrogens with zero attached hydrogens (tertiary/aromatic N) is 1. The molecule has 2 N–H and O–H groups in total. The van der Waals surface area contributed by atoms with E-state index in [2.05, 4.69) is 22.5 Å². The van der Waals surface area contributed by atoms with Crippen molar-refractivity contribution in [2.75, 3.05) is 25.0 Å². The Bertz CT molecular complexity index is 483. The summed E-state index contributed by atoms with van der Waals surface area (Å²) < 4.78 is 5.45. The summed E-state index contributed by atoms with van der Waals surface area (Å²) in [6.07, 6.45) is 4.20. The minimum Gasteiger partial charge on any atom is -0.366 e. The molecule has 0 radical (unpaired) electrons. The molecule has 1 amide bonds. The summed E-state index contributed by atoms with van der Waals surface area (Å²) in [5.41, 5.74) is 1.18. The average Bonchev–Trinajstić information content (AvgIpc) is 2.89. The summed E-state index contributed by atoms with van der Waals surface area (Å²) in [6, 6.07) is 0. The fourth-order valence-corrected chi connectivity index (χ4v) is 3.89. The van der Waals surface area contributed by atoms with Gasteiger partial charge in [0.2, 0.25) is 0 Å². The summed E-state index contributed by atoms with van der Waals surface area (Å²) >= 11 is 1.63. The number of morpholine rings is 1. The largest absolute Gasteiger partial charge is 0.366 e. The molecule has 2 atom stereocenters. The molecular weight excluding hydrogens is 274 g/mol. The molecule has 1 aliphatic carbocycles. The van der Waals surface area contributed by atoms with Crippen LogP contribution in [0.2, 0.25) is 0 Å². The van der Waals surface area contributed by atoms with Crippen molar-refractivity contribution in [2.45, 2.75) is 38.7 Å². The van der Waals surface area contributed by atoms with Gasteiger partial charge in [0.05, 0.1) is 12.3 Å². The molecule has 0 spiro atoms. The second kappa shape index (κ2) is 6.20. The number of thiazole rings is 1. The van der Waals surface area contributed by atoms with Gasteiger partial charge in [-0.3, -0.25) is 10.1 Å². The van der Waals surface area contributed by atoms with Crippen molar-refractivity contribution < 1.29 is 9.53 Å². The van der Waals surface area contributed by atoms with Gasteiger partial charge in [0.25, 0.3) is 5.91 Å². The maximum absolute atomic E-state index is 12.1. The number of rotatable bonds is 3. The lowest BCUT2D eigenvalue weighted by Gasteiger charge is -2.22. The molecule has 1 fully saturated rings. The van der Waals surface area contributed by atoms with Crippen LogP contribution in [-0.2, 0) is 22.4 Å². The summed E-state index contributed by atoms with van der Waals surface area (Å²) in [7, 11) is 0. The van der Waals surface area contributed by atoms with Crippen molar-refractivity contribution in [1.29, 1.82) is 0 Å². The number of carbonyl (C=O) groups is 1. The van der Waals surface area contributed by atoms with E-state index in [-0.39, 0.29) is 5.91 Å². The third-order valence-corrected chi connectivity index (χ3v) is 5.10. The standard InChI is InChI=1S/C14H21N3O2S/c1-2-9-3-4-10-12(7-9)20-14(16-10)17-13(18)11-8-15-5-6-19-11/h9,11,15H,2-8H2,1H3,(H,16,17,18). The minimum atomic E-state index is -0.395. The summed E-state index contributed by atoms with van der Waals surface area (Å²) in [5.74, 6) is 0.688. The Morgan fingerprint density at radius 2 is 2.50 bits per heavy atom. The number of ether oxygens (including phenoxy) is 1. The van der Waals surface area contributed by atoms with Crippen molar-refractivity contribution in [3.63, 3.8) is 0 Å². The number of hydrogen-bond acceptors (Lipinski definition) is 5. The second-order valence-electron chi connectivity index (χ2n) is 5.46. The van der Waals surface area contributed by atoms with E-state index < -0.39 is 6.10 Å². The zero-order valence-corrected chi connectivity index (χ0v) is 12.6. The molecule has 1 aromatic rings. The highest BCUT2D eigenvalue weighted by Crippen LogP contribution is 2.33. The van der Waals surface area contributed by atoms with Crippen molar-refractivity contribution in [2.24, 2.45) is 5.92 Å². The van der Waals surface area contributed by atoms with Crippen LogP contribution in [0.5, 0.6) is 0 Å². The quantitative estimate of drug-likeness (QED) is 0.889. The van der Waals surface area contributed by atoms with Crippen LogP contribution in [0.1, 0.15) is 30.3 Å². The van der Waals surface area contributed by atoms with Gasteiger partial charge in [-0.1, -0.05) is 13.3 Å².